The topological polar surface area (TPSA) is 50.5 Å². The molecule has 24 heavy (non-hydrogen) atoms. The normalized spacial score (nSPS) is 10.9. The highest BCUT2D eigenvalue weighted by Gasteiger charge is 2.10. The van der Waals surface area contributed by atoms with E-state index in [0.29, 0.717) is 0 Å². The monoisotopic (exact) mass is 314 g/mol. The molecule has 118 valence electrons. The highest BCUT2D eigenvalue weighted by atomic mass is 14.8. The van der Waals surface area contributed by atoms with E-state index >= 15 is 0 Å². The van der Waals surface area contributed by atoms with Crippen LogP contribution in [0.2, 0.25) is 0 Å². The van der Waals surface area contributed by atoms with Crippen LogP contribution in [0.3, 0.4) is 0 Å². The first kappa shape index (κ1) is 15.7. The van der Waals surface area contributed by atoms with Gasteiger partial charge in [0, 0.05) is 17.5 Å². The maximum Gasteiger partial charge on any atom is 0.115 e. The van der Waals surface area contributed by atoms with Gasteiger partial charge in [0.05, 0.1) is 17.1 Å². The summed E-state index contributed by atoms with van der Waals surface area (Å²) < 4.78 is 0. The number of aryl methyl sites for hydroxylation is 2. The second-order valence-corrected chi connectivity index (χ2v) is 5.49. The van der Waals surface area contributed by atoms with Crippen LogP contribution in [0.4, 0.5) is 5.69 Å². The summed E-state index contributed by atoms with van der Waals surface area (Å²) in [6.07, 6.45) is 3.25. The van der Waals surface area contributed by atoms with Gasteiger partial charge in [-0.1, -0.05) is 18.2 Å². The average Bonchev–Trinajstić information content (AvgIpc) is 2.61. The van der Waals surface area contributed by atoms with E-state index in [9.17, 15) is 0 Å². The molecule has 0 amide bonds. The van der Waals surface area contributed by atoms with E-state index in [0.717, 1.165) is 39.5 Å². The van der Waals surface area contributed by atoms with Gasteiger partial charge in [-0.15, -0.1) is 0 Å². The second-order valence-electron chi connectivity index (χ2n) is 5.49. The number of aliphatic imine (C=N–C) groups is 2. The Morgan fingerprint density at radius 1 is 1.04 bits per heavy atom. The van der Waals surface area contributed by atoms with Crippen LogP contribution in [-0.2, 0) is 0 Å². The largest absolute Gasteiger partial charge is 0.254 e. The van der Waals surface area contributed by atoms with E-state index in [1.807, 2.05) is 50.2 Å². The zero-order valence-electron chi connectivity index (χ0n) is 13.8. The van der Waals surface area contributed by atoms with Crippen molar-refractivity contribution in [3.05, 3.63) is 66.0 Å². The summed E-state index contributed by atoms with van der Waals surface area (Å²) in [5.74, 6) is 0. The number of benzene rings is 1. The van der Waals surface area contributed by atoms with Gasteiger partial charge >= 0.3 is 0 Å². The lowest BCUT2D eigenvalue weighted by molar-refractivity contribution is 1.18. The second kappa shape index (κ2) is 6.96. The van der Waals surface area contributed by atoms with E-state index in [1.54, 1.807) is 6.20 Å². The summed E-state index contributed by atoms with van der Waals surface area (Å²) in [5.41, 5.74) is 6.82. The molecule has 0 bridgehead atoms. The van der Waals surface area contributed by atoms with Gasteiger partial charge in [0.2, 0.25) is 0 Å². The lowest BCUT2D eigenvalue weighted by atomic mass is 9.99. The van der Waals surface area contributed by atoms with Crippen molar-refractivity contribution in [2.45, 2.75) is 13.8 Å². The van der Waals surface area contributed by atoms with E-state index in [2.05, 4.69) is 38.8 Å². The van der Waals surface area contributed by atoms with Crippen LogP contribution in [0, 0.1) is 13.8 Å². The molecule has 2 aromatic heterocycles. The van der Waals surface area contributed by atoms with E-state index in [4.69, 9.17) is 0 Å². The Hall–Kier alpha value is -3.14. The summed E-state index contributed by atoms with van der Waals surface area (Å²) >= 11 is 0. The maximum absolute atomic E-state index is 4.60. The summed E-state index contributed by atoms with van der Waals surface area (Å²) in [4.78, 5) is 17.1. The minimum atomic E-state index is 0.876. The van der Waals surface area contributed by atoms with Crippen molar-refractivity contribution in [3.63, 3.8) is 0 Å². The van der Waals surface area contributed by atoms with E-state index in [1.165, 1.54) is 6.34 Å². The third-order valence-corrected chi connectivity index (χ3v) is 3.72. The standard InChI is InChI=1S/C20H18N4/c1-14-12-16(9-10-18(14)23-13-21-3)17-7-5-11-22-20(17)19-8-4-6-15(2)24-19/h4-13H,3H2,1-2H3/b23-13-. The van der Waals surface area contributed by atoms with Gasteiger partial charge in [-0.25, -0.2) is 4.99 Å². The minimum absolute atomic E-state index is 0.876. The lowest BCUT2D eigenvalue weighted by Crippen LogP contribution is -1.93. The summed E-state index contributed by atoms with van der Waals surface area (Å²) in [5, 5.41) is 0. The lowest BCUT2D eigenvalue weighted by Gasteiger charge is -2.10. The van der Waals surface area contributed by atoms with Gasteiger partial charge in [0.15, 0.2) is 0 Å². The third-order valence-electron chi connectivity index (χ3n) is 3.72. The molecule has 0 radical (unpaired) electrons. The van der Waals surface area contributed by atoms with Gasteiger partial charge in [-0.3, -0.25) is 15.0 Å². The van der Waals surface area contributed by atoms with Crippen molar-refractivity contribution >= 4 is 18.7 Å². The molecule has 0 saturated carbocycles. The molecule has 0 unspecified atom stereocenters. The van der Waals surface area contributed by atoms with Crippen LogP contribution in [-0.4, -0.2) is 23.0 Å². The first-order valence-corrected chi connectivity index (χ1v) is 7.67. The Morgan fingerprint density at radius 2 is 1.92 bits per heavy atom. The fourth-order valence-corrected chi connectivity index (χ4v) is 2.59. The SMILES string of the molecule is C=N/C=N\c1ccc(-c2cccnc2-c2cccc(C)n2)cc1C. The molecule has 0 aliphatic rings. The van der Waals surface area contributed by atoms with Crippen molar-refractivity contribution in [2.24, 2.45) is 9.98 Å². The highest BCUT2D eigenvalue weighted by Crippen LogP contribution is 2.32. The van der Waals surface area contributed by atoms with Gasteiger partial charge in [0.1, 0.15) is 6.34 Å². The van der Waals surface area contributed by atoms with Crippen molar-refractivity contribution in [2.75, 3.05) is 0 Å². The number of hydrogen-bond donors (Lipinski definition) is 0. The average molecular weight is 314 g/mol. The molecule has 0 saturated heterocycles. The predicted octanol–water partition coefficient (Wildman–Crippen LogP) is 4.79. The van der Waals surface area contributed by atoms with Crippen molar-refractivity contribution in [3.8, 4) is 22.5 Å². The van der Waals surface area contributed by atoms with Crippen molar-refractivity contribution in [1.29, 1.82) is 0 Å². The van der Waals surface area contributed by atoms with Crippen LogP contribution in [0.1, 0.15) is 11.3 Å². The Morgan fingerprint density at radius 3 is 2.67 bits per heavy atom. The van der Waals surface area contributed by atoms with E-state index < -0.39 is 0 Å². The van der Waals surface area contributed by atoms with Gasteiger partial charge in [-0.2, -0.15) is 0 Å². The molecule has 3 aromatic rings. The Balaban J connectivity index is 2.09. The molecular formula is C20H18N4. The fourth-order valence-electron chi connectivity index (χ4n) is 2.59. The van der Waals surface area contributed by atoms with E-state index in [-0.39, 0.29) is 0 Å². The number of hydrogen-bond acceptors (Lipinski definition) is 3. The van der Waals surface area contributed by atoms with Crippen LogP contribution in [0.5, 0.6) is 0 Å². The molecule has 0 fully saturated rings. The third kappa shape index (κ3) is 3.27. The molecule has 4 heteroatoms. The first-order valence-electron chi connectivity index (χ1n) is 7.67. The molecule has 4 nitrogen and oxygen atoms in total. The molecule has 2 heterocycles. The summed E-state index contributed by atoms with van der Waals surface area (Å²) in [6.45, 7) is 7.42. The van der Waals surface area contributed by atoms with Crippen molar-refractivity contribution < 1.29 is 0 Å². The van der Waals surface area contributed by atoms with Gasteiger partial charge < -0.3 is 0 Å². The quantitative estimate of drug-likeness (QED) is 0.513. The Bertz CT molecular complexity index is 913. The molecular weight excluding hydrogens is 296 g/mol. The Labute approximate surface area is 141 Å². The van der Waals surface area contributed by atoms with Crippen LogP contribution in [0.25, 0.3) is 22.5 Å². The van der Waals surface area contributed by atoms with Crippen molar-refractivity contribution in [1.82, 2.24) is 9.97 Å². The van der Waals surface area contributed by atoms with Gasteiger partial charge in [-0.05, 0) is 62.0 Å². The first-order chi connectivity index (χ1) is 11.7. The fraction of sp³-hybridized carbons (Fsp3) is 0.100. The molecule has 0 aliphatic heterocycles. The number of rotatable bonds is 4. The minimum Gasteiger partial charge on any atom is -0.254 e. The molecule has 3 rings (SSSR count). The van der Waals surface area contributed by atoms with Crippen LogP contribution in [0.15, 0.2) is 64.7 Å². The summed E-state index contributed by atoms with van der Waals surface area (Å²) in [7, 11) is 0. The van der Waals surface area contributed by atoms with Crippen LogP contribution >= 0.6 is 0 Å². The zero-order chi connectivity index (χ0) is 16.9. The molecule has 0 aliphatic carbocycles. The summed E-state index contributed by atoms with van der Waals surface area (Å²) in [6, 6.07) is 16.1. The molecule has 0 atom stereocenters. The molecule has 1 aromatic carbocycles. The maximum atomic E-state index is 4.60. The molecule has 0 spiro atoms. The number of pyridine rings is 2. The number of aromatic nitrogens is 2. The van der Waals surface area contributed by atoms with Crippen LogP contribution < -0.4 is 0 Å². The highest BCUT2D eigenvalue weighted by molar-refractivity contribution is 5.80. The predicted molar refractivity (Wildman–Crippen MR) is 100 cm³/mol. The smallest absolute Gasteiger partial charge is 0.115 e. The van der Waals surface area contributed by atoms with Gasteiger partial charge in [0.25, 0.3) is 0 Å². The number of nitrogens with zero attached hydrogens (tertiary/aromatic N) is 4. The molecule has 0 N–H and O–H groups in total. The zero-order valence-corrected chi connectivity index (χ0v) is 13.8. The Kier molecular flexibility index (Phi) is 4.57.